The Bertz CT molecular complexity index is 1690. The summed E-state index contributed by atoms with van der Waals surface area (Å²) in [7, 11) is -1.91. The van der Waals surface area contributed by atoms with Crippen LogP contribution in [0.15, 0.2) is 30.4 Å². The van der Waals surface area contributed by atoms with Crippen molar-refractivity contribution in [3.63, 3.8) is 0 Å². The van der Waals surface area contributed by atoms with Gasteiger partial charge in [-0.15, -0.1) is 0 Å². The Morgan fingerprint density at radius 1 is 1.12 bits per heavy atom. The van der Waals surface area contributed by atoms with Crippen molar-refractivity contribution in [2.24, 2.45) is 23.3 Å². The van der Waals surface area contributed by atoms with Crippen molar-refractivity contribution in [3.8, 4) is 17.4 Å². The molecule has 0 spiro atoms. The summed E-state index contributed by atoms with van der Waals surface area (Å²) in [5, 5.41) is 0.342. The highest BCUT2D eigenvalue weighted by Crippen LogP contribution is 2.41. The van der Waals surface area contributed by atoms with E-state index in [0.717, 1.165) is 36.6 Å². The van der Waals surface area contributed by atoms with Gasteiger partial charge in [0, 0.05) is 29.4 Å². The van der Waals surface area contributed by atoms with Gasteiger partial charge in [-0.2, -0.15) is 0 Å². The van der Waals surface area contributed by atoms with Crippen LogP contribution in [0.25, 0.3) is 10.9 Å². The number of aromatic nitrogens is 1. The van der Waals surface area contributed by atoms with Crippen LogP contribution in [0.4, 0.5) is 0 Å². The lowest BCUT2D eigenvalue weighted by Crippen LogP contribution is -2.50. The van der Waals surface area contributed by atoms with Crippen LogP contribution in [0.3, 0.4) is 0 Å². The fourth-order valence-electron chi connectivity index (χ4n) is 6.37. The minimum atomic E-state index is -3.51. The molecule has 0 radical (unpaired) electrons. The van der Waals surface area contributed by atoms with E-state index >= 15 is 0 Å². The van der Waals surface area contributed by atoms with E-state index < -0.39 is 45.3 Å². The fraction of sp³-hybridized carbons (Fsp3) is 0.600. The lowest BCUT2D eigenvalue weighted by atomic mass is 10.1. The zero-order valence-corrected chi connectivity index (χ0v) is 29.5. The van der Waals surface area contributed by atoms with Crippen LogP contribution < -0.4 is 30.4 Å². The molecular weight excluding hydrogens is 650 g/mol. The maximum atomic E-state index is 13.4. The second-order valence-corrected chi connectivity index (χ2v) is 15.6. The van der Waals surface area contributed by atoms with Crippen molar-refractivity contribution >= 4 is 38.6 Å². The Morgan fingerprint density at radius 3 is 2.55 bits per heavy atom. The van der Waals surface area contributed by atoms with Crippen LogP contribution in [0, 0.1) is 18.8 Å². The van der Waals surface area contributed by atoms with Crippen molar-refractivity contribution < 1.29 is 37.0 Å². The summed E-state index contributed by atoms with van der Waals surface area (Å²) in [6.07, 6.45) is 9.28. The first-order valence-corrected chi connectivity index (χ1v) is 18.7. The Hall–Kier alpha value is -3.91. The number of benzene rings is 1. The molecule has 1 aromatic heterocycles. The molecule has 3 fully saturated rings. The Kier molecular flexibility index (Phi) is 11.4. The molecule has 3 aliphatic rings. The molecule has 5 atom stereocenters. The van der Waals surface area contributed by atoms with E-state index in [1.54, 1.807) is 13.2 Å². The molecule has 2 aromatic rings. The minimum absolute atomic E-state index is 0.0762. The summed E-state index contributed by atoms with van der Waals surface area (Å²) in [5.41, 5.74) is 13.6. The number of unbranched alkanes of at least 4 members (excludes halogenated alkanes) is 3. The summed E-state index contributed by atoms with van der Waals surface area (Å²) in [4.78, 5) is 44.2. The molecule has 5 N–H and O–H groups in total. The summed E-state index contributed by atoms with van der Waals surface area (Å²) in [6, 6.07) is 3.82. The fourth-order valence-corrected chi connectivity index (χ4v) is 7.73. The normalized spacial score (nSPS) is 22.8. The predicted octanol–water partition coefficient (Wildman–Crippen LogP) is 3.25. The molecule has 2 saturated carbocycles. The van der Waals surface area contributed by atoms with Crippen molar-refractivity contribution in [2.45, 2.75) is 108 Å². The molecule has 49 heavy (non-hydrogen) atoms. The van der Waals surface area contributed by atoms with E-state index in [-0.39, 0.29) is 36.8 Å². The lowest BCUT2D eigenvalue weighted by molar-refractivity contribution is -0.138. The molecule has 268 valence electrons. The Labute approximate surface area is 288 Å². The number of rotatable bonds is 17. The predicted molar refractivity (Wildman–Crippen MR) is 184 cm³/mol. The SMILES string of the molecule is COc1ccc2c(OC3CC(C(N)=O)N(C(=O)C(N)CCCCCC=CC4CC4C(=O)NS(=O)(=O)C4CC4)C3)cc(OC(C)C)nc2c1C. The van der Waals surface area contributed by atoms with Gasteiger partial charge in [0.05, 0.1) is 36.6 Å². The number of aryl methyl sites for hydroxylation is 1. The number of methoxy groups -OCH3 is 1. The molecule has 5 unspecified atom stereocenters. The van der Waals surface area contributed by atoms with Gasteiger partial charge < -0.3 is 30.6 Å². The third-order valence-corrected chi connectivity index (χ3v) is 11.2. The molecule has 2 heterocycles. The summed E-state index contributed by atoms with van der Waals surface area (Å²) >= 11 is 0. The maximum Gasteiger partial charge on any atom is 0.240 e. The van der Waals surface area contributed by atoms with Crippen LogP contribution in [-0.2, 0) is 24.4 Å². The van der Waals surface area contributed by atoms with E-state index in [1.165, 1.54) is 4.90 Å². The molecule has 2 aliphatic carbocycles. The second kappa shape index (κ2) is 15.3. The van der Waals surface area contributed by atoms with Crippen LogP contribution in [0.2, 0.25) is 0 Å². The number of hydrogen-bond donors (Lipinski definition) is 3. The van der Waals surface area contributed by atoms with Gasteiger partial charge >= 0.3 is 0 Å². The van der Waals surface area contributed by atoms with Gasteiger partial charge in [-0.05, 0) is 77.3 Å². The smallest absolute Gasteiger partial charge is 0.240 e. The number of amides is 3. The van der Waals surface area contributed by atoms with Crippen molar-refractivity contribution in [2.75, 3.05) is 13.7 Å². The monoisotopic (exact) mass is 699 g/mol. The third-order valence-electron chi connectivity index (χ3n) is 9.34. The molecule has 1 aliphatic heterocycles. The number of likely N-dealkylation sites (tertiary alicyclic amines) is 1. The molecule has 13 nitrogen and oxygen atoms in total. The first kappa shape index (κ1) is 36.4. The van der Waals surface area contributed by atoms with E-state index in [2.05, 4.69) is 9.71 Å². The third kappa shape index (κ3) is 9.01. The van der Waals surface area contributed by atoms with E-state index in [9.17, 15) is 22.8 Å². The molecular formula is C35H49N5O8S. The topological polar surface area (TPSA) is 193 Å². The number of fused-ring (bicyclic) bond motifs is 1. The number of allylic oxidation sites excluding steroid dienone is 2. The Balaban J connectivity index is 1.10. The van der Waals surface area contributed by atoms with Gasteiger partial charge in [-0.3, -0.25) is 19.1 Å². The number of nitrogens with two attached hydrogens (primary N) is 2. The zero-order valence-electron chi connectivity index (χ0n) is 28.7. The quantitative estimate of drug-likeness (QED) is 0.163. The van der Waals surface area contributed by atoms with Crippen molar-refractivity contribution in [1.82, 2.24) is 14.6 Å². The molecule has 3 amide bonds. The average molecular weight is 700 g/mol. The number of nitrogens with zero attached hydrogens (tertiary/aromatic N) is 2. The maximum absolute atomic E-state index is 13.4. The largest absolute Gasteiger partial charge is 0.496 e. The number of ether oxygens (including phenoxy) is 3. The number of pyridine rings is 1. The van der Waals surface area contributed by atoms with Gasteiger partial charge in [-0.1, -0.05) is 25.0 Å². The minimum Gasteiger partial charge on any atom is -0.496 e. The van der Waals surface area contributed by atoms with Gasteiger partial charge in [0.15, 0.2) is 0 Å². The van der Waals surface area contributed by atoms with E-state index in [1.807, 2.05) is 45.1 Å². The second-order valence-electron chi connectivity index (χ2n) is 13.7. The van der Waals surface area contributed by atoms with Gasteiger partial charge in [0.2, 0.25) is 33.6 Å². The van der Waals surface area contributed by atoms with Crippen LogP contribution in [0.5, 0.6) is 17.4 Å². The molecule has 14 heteroatoms. The van der Waals surface area contributed by atoms with Crippen molar-refractivity contribution in [1.29, 1.82) is 0 Å². The highest BCUT2D eigenvalue weighted by molar-refractivity contribution is 7.90. The van der Waals surface area contributed by atoms with Gasteiger partial charge in [0.1, 0.15) is 23.6 Å². The van der Waals surface area contributed by atoms with Crippen molar-refractivity contribution in [3.05, 3.63) is 35.9 Å². The van der Waals surface area contributed by atoms with E-state index in [4.69, 9.17) is 25.7 Å². The highest BCUT2D eigenvalue weighted by atomic mass is 32.2. The zero-order chi connectivity index (χ0) is 35.5. The molecule has 0 bridgehead atoms. The standard InChI is InChI=1S/C35H49N5O8S/c1-20(2)47-31-18-30(25-14-15-29(46-4)21(3)32(25)38-31)48-23-17-28(33(37)41)40(19-23)35(43)27(36)11-9-7-5-6-8-10-22-16-26(22)34(42)39-49(44,45)24-12-13-24/h8,10,14-15,18,20,22-24,26-28H,5-7,9,11-13,16-17,19,36H2,1-4H3,(H2,37,41)(H,39,42). The van der Waals surface area contributed by atoms with Gasteiger partial charge in [0.25, 0.3) is 0 Å². The first-order valence-electron chi connectivity index (χ1n) is 17.2. The first-order chi connectivity index (χ1) is 23.3. The summed E-state index contributed by atoms with van der Waals surface area (Å²) in [6.45, 7) is 5.89. The number of sulfonamides is 1. The number of hydrogen-bond acceptors (Lipinski definition) is 10. The molecule has 5 rings (SSSR count). The van der Waals surface area contributed by atoms with Gasteiger partial charge in [-0.25, -0.2) is 13.4 Å². The van der Waals surface area contributed by atoms with E-state index in [0.29, 0.717) is 48.6 Å². The number of carbonyl (C=O) groups is 3. The summed E-state index contributed by atoms with van der Waals surface area (Å²) in [5.74, 6) is 0.0561. The van der Waals surface area contributed by atoms with Crippen LogP contribution in [-0.4, -0.2) is 79.2 Å². The number of carbonyl (C=O) groups excluding carboxylic acids is 3. The number of primary amides is 1. The summed E-state index contributed by atoms with van der Waals surface area (Å²) < 4.78 is 44.0. The van der Waals surface area contributed by atoms with Crippen LogP contribution in [0.1, 0.15) is 77.2 Å². The highest BCUT2D eigenvalue weighted by Gasteiger charge is 2.45. The Morgan fingerprint density at radius 2 is 1.88 bits per heavy atom. The molecule has 1 saturated heterocycles. The molecule has 1 aromatic carbocycles. The van der Waals surface area contributed by atoms with Crippen LogP contribution >= 0.6 is 0 Å². The average Bonchev–Trinajstić information content (AvgIpc) is 3.97. The number of nitrogens with one attached hydrogen (secondary N) is 1. The lowest BCUT2D eigenvalue weighted by Gasteiger charge is -2.25.